The van der Waals surface area contributed by atoms with Gasteiger partial charge in [-0.2, -0.15) is 9.61 Å². The number of amides is 5. The number of anilines is 2. The van der Waals surface area contributed by atoms with Crippen molar-refractivity contribution >= 4 is 46.7 Å². The molecule has 1 aromatic carbocycles. The van der Waals surface area contributed by atoms with E-state index in [0.29, 0.717) is 18.7 Å². The van der Waals surface area contributed by atoms with Crippen molar-refractivity contribution in [3.05, 3.63) is 53.3 Å². The van der Waals surface area contributed by atoms with E-state index in [-0.39, 0.29) is 42.0 Å². The van der Waals surface area contributed by atoms with E-state index >= 15 is 0 Å². The van der Waals surface area contributed by atoms with Gasteiger partial charge in [0.15, 0.2) is 5.65 Å². The van der Waals surface area contributed by atoms with E-state index in [2.05, 4.69) is 44.3 Å². The summed E-state index contributed by atoms with van der Waals surface area (Å²) < 4.78 is 1.84. The maximum atomic E-state index is 13.2. The molecule has 47 heavy (non-hydrogen) atoms. The van der Waals surface area contributed by atoms with Crippen LogP contribution in [0.5, 0.6) is 0 Å². The van der Waals surface area contributed by atoms with Gasteiger partial charge in [0.25, 0.3) is 11.8 Å². The minimum atomic E-state index is -0.989. The van der Waals surface area contributed by atoms with Gasteiger partial charge < -0.3 is 16.0 Å². The molecule has 0 bridgehead atoms. The third-order valence-electron chi connectivity index (χ3n) is 9.18. The molecule has 0 spiro atoms. The molecule has 13 nitrogen and oxygen atoms in total. The normalized spacial score (nSPS) is 20.9. The third-order valence-corrected chi connectivity index (χ3v) is 9.18. The number of unbranched alkanes of at least 4 members (excludes halogenated alkanes) is 3. The Bertz CT molecular complexity index is 1690. The second-order valence-electron chi connectivity index (χ2n) is 12.7. The van der Waals surface area contributed by atoms with Gasteiger partial charge in [-0.05, 0) is 57.1 Å². The second kappa shape index (κ2) is 14.3. The summed E-state index contributed by atoms with van der Waals surface area (Å²) in [5.41, 5.74) is 2.97. The van der Waals surface area contributed by atoms with Gasteiger partial charge in [-0.3, -0.25) is 34.2 Å². The quantitative estimate of drug-likeness (QED) is 0.152. The maximum Gasteiger partial charge on any atom is 0.264 e. The van der Waals surface area contributed by atoms with Gasteiger partial charge in [-0.1, -0.05) is 32.3 Å². The van der Waals surface area contributed by atoms with Crippen LogP contribution in [-0.2, 0) is 20.8 Å². The van der Waals surface area contributed by atoms with Crippen molar-refractivity contribution in [1.82, 2.24) is 30.1 Å². The zero-order chi connectivity index (χ0) is 32.9. The van der Waals surface area contributed by atoms with Crippen molar-refractivity contribution in [3.8, 4) is 0 Å². The first-order valence-electron chi connectivity index (χ1n) is 16.8. The van der Waals surface area contributed by atoms with Gasteiger partial charge in [0.2, 0.25) is 17.7 Å². The number of aromatic nitrogens is 3. The van der Waals surface area contributed by atoms with Crippen LogP contribution in [0.3, 0.4) is 0 Å². The summed E-state index contributed by atoms with van der Waals surface area (Å²) in [5, 5.41) is 16.8. The van der Waals surface area contributed by atoms with E-state index in [1.165, 1.54) is 0 Å². The molecular weight excluding hydrogens is 600 g/mol. The Balaban J connectivity index is 0.894. The summed E-state index contributed by atoms with van der Waals surface area (Å²) >= 11 is 0. The molecule has 1 saturated carbocycles. The van der Waals surface area contributed by atoms with Gasteiger partial charge in [0, 0.05) is 55.0 Å². The summed E-state index contributed by atoms with van der Waals surface area (Å²) in [6, 6.07) is 8.47. The lowest BCUT2D eigenvalue weighted by molar-refractivity contribution is -0.136. The van der Waals surface area contributed by atoms with Crippen molar-refractivity contribution in [2.45, 2.75) is 102 Å². The fourth-order valence-corrected chi connectivity index (χ4v) is 6.85. The first kappa shape index (κ1) is 32.1. The molecule has 1 aliphatic carbocycles. The minimum absolute atomic E-state index is 0.0814. The number of fused-ring (bicyclic) bond motifs is 2. The highest BCUT2D eigenvalue weighted by molar-refractivity contribution is 6.25. The van der Waals surface area contributed by atoms with Gasteiger partial charge in [0.1, 0.15) is 11.9 Å². The smallest absolute Gasteiger partial charge is 0.264 e. The Kier molecular flexibility index (Phi) is 9.79. The molecule has 3 atom stereocenters. The Morgan fingerprint density at radius 1 is 1.00 bits per heavy atom. The molecule has 5 amide bonds. The lowest BCUT2D eigenvalue weighted by Crippen LogP contribution is -2.54. The predicted octanol–water partition coefficient (Wildman–Crippen LogP) is 3.59. The Labute approximate surface area is 273 Å². The topological polar surface area (TPSA) is 167 Å². The fourth-order valence-electron chi connectivity index (χ4n) is 6.85. The van der Waals surface area contributed by atoms with Crippen LogP contribution >= 0.6 is 0 Å². The Morgan fingerprint density at radius 2 is 1.83 bits per heavy atom. The van der Waals surface area contributed by atoms with Crippen LogP contribution in [-0.4, -0.2) is 73.7 Å². The van der Waals surface area contributed by atoms with E-state index in [4.69, 9.17) is 0 Å². The summed E-state index contributed by atoms with van der Waals surface area (Å²) in [6.45, 7) is 2.74. The molecular formula is C34H42N8O5. The molecule has 3 aliphatic rings. The summed E-state index contributed by atoms with van der Waals surface area (Å²) in [6.07, 6.45) is 10.6. The molecule has 6 rings (SSSR count). The third kappa shape index (κ3) is 7.13. The van der Waals surface area contributed by atoms with Gasteiger partial charge >= 0.3 is 0 Å². The fraction of sp³-hybridized carbons (Fsp3) is 0.500. The van der Waals surface area contributed by atoms with Crippen LogP contribution in [0, 0.1) is 0 Å². The van der Waals surface area contributed by atoms with Crippen molar-refractivity contribution in [1.29, 1.82) is 0 Å². The second-order valence-corrected chi connectivity index (χ2v) is 12.7. The van der Waals surface area contributed by atoms with Crippen LogP contribution in [0.4, 0.5) is 11.5 Å². The van der Waals surface area contributed by atoms with E-state index in [9.17, 15) is 24.0 Å². The molecule has 4 N–H and O–H groups in total. The van der Waals surface area contributed by atoms with Crippen LogP contribution in [0.2, 0.25) is 0 Å². The number of carbonyl (C=O) groups is 5. The zero-order valence-corrected chi connectivity index (χ0v) is 26.7. The number of benzene rings is 1. The molecule has 1 saturated heterocycles. The lowest BCUT2D eigenvalue weighted by atomic mass is 10.0. The SMILES string of the molecule is CCCc1cc(N[C@@H]2CCC(NC(=O)CCCCCCNc3cccc4c3C(=O)N(C3CCC(=O)NC3=O)C4=O)C2)n2nccc2n1. The molecule has 3 aromatic rings. The van der Waals surface area contributed by atoms with Crippen LogP contribution in [0.1, 0.15) is 104 Å². The summed E-state index contributed by atoms with van der Waals surface area (Å²) in [5.74, 6) is -1.04. The number of nitrogens with zero attached hydrogens (tertiary/aromatic N) is 4. The van der Waals surface area contributed by atoms with Crippen molar-refractivity contribution in [2.24, 2.45) is 0 Å². The van der Waals surface area contributed by atoms with E-state index in [1.807, 2.05) is 10.6 Å². The average molecular weight is 643 g/mol. The summed E-state index contributed by atoms with van der Waals surface area (Å²) in [7, 11) is 0. The highest BCUT2D eigenvalue weighted by Crippen LogP contribution is 2.32. The number of hydrogen-bond acceptors (Lipinski definition) is 9. The van der Waals surface area contributed by atoms with Crippen LogP contribution in [0.25, 0.3) is 5.65 Å². The standard InChI is InChI=1S/C34H42N8O5/c1-2-8-21-20-28(42-27(37-21)16-18-36-42)38-22-12-13-23(19-22)39-29(43)11-5-3-4-6-17-35-25-10-7-9-24-31(25)34(47)41(33(24)46)26-14-15-30(44)40-32(26)45/h7,9-10,16,18,20,22-23,26,35,38H,2-6,8,11-15,17,19H2,1H3,(H,39,43)(H,40,44,45)/t22-,23?,26?/m1/s1. The van der Waals surface area contributed by atoms with E-state index in [0.717, 1.165) is 79.8 Å². The van der Waals surface area contributed by atoms with Crippen LogP contribution < -0.4 is 21.3 Å². The Hall–Kier alpha value is -4.81. The average Bonchev–Trinajstić information content (AvgIpc) is 3.76. The van der Waals surface area contributed by atoms with Gasteiger partial charge in [0.05, 0.1) is 17.3 Å². The molecule has 13 heteroatoms. The molecule has 4 heterocycles. The number of imide groups is 2. The van der Waals surface area contributed by atoms with Crippen molar-refractivity contribution < 1.29 is 24.0 Å². The number of aryl methyl sites for hydroxylation is 1. The van der Waals surface area contributed by atoms with E-state index < -0.39 is 29.7 Å². The monoisotopic (exact) mass is 642 g/mol. The van der Waals surface area contributed by atoms with Crippen molar-refractivity contribution in [2.75, 3.05) is 17.2 Å². The first-order chi connectivity index (χ1) is 22.8. The molecule has 0 radical (unpaired) electrons. The van der Waals surface area contributed by atoms with Crippen LogP contribution in [0.15, 0.2) is 36.5 Å². The molecule has 2 unspecified atom stereocenters. The maximum absolute atomic E-state index is 13.2. The number of rotatable bonds is 14. The molecule has 248 valence electrons. The van der Waals surface area contributed by atoms with Gasteiger partial charge in [-0.15, -0.1) is 0 Å². The van der Waals surface area contributed by atoms with Crippen molar-refractivity contribution in [3.63, 3.8) is 0 Å². The highest BCUT2D eigenvalue weighted by Gasteiger charge is 2.45. The highest BCUT2D eigenvalue weighted by atomic mass is 16.2. The minimum Gasteiger partial charge on any atom is -0.384 e. The molecule has 2 aliphatic heterocycles. The summed E-state index contributed by atoms with van der Waals surface area (Å²) in [4.78, 5) is 68.5. The lowest BCUT2D eigenvalue weighted by Gasteiger charge is -2.27. The number of nitrogens with one attached hydrogen (secondary N) is 4. The number of hydrogen-bond donors (Lipinski definition) is 4. The van der Waals surface area contributed by atoms with E-state index in [1.54, 1.807) is 24.4 Å². The number of piperidine rings is 1. The predicted molar refractivity (Wildman–Crippen MR) is 175 cm³/mol. The zero-order valence-electron chi connectivity index (χ0n) is 26.7. The van der Waals surface area contributed by atoms with Gasteiger partial charge in [-0.25, -0.2) is 4.98 Å². The first-order valence-corrected chi connectivity index (χ1v) is 16.8. The molecule has 2 aromatic heterocycles. The Morgan fingerprint density at radius 3 is 2.66 bits per heavy atom. The molecule has 2 fully saturated rings. The number of carbonyl (C=O) groups excluding carboxylic acids is 5. The largest absolute Gasteiger partial charge is 0.384 e.